The van der Waals surface area contributed by atoms with Crippen molar-refractivity contribution in [3.05, 3.63) is 82.1 Å². The minimum atomic E-state index is -4.92. The third-order valence-electron chi connectivity index (χ3n) is 6.24. The molecule has 4 N–H and O–H groups in total. The second kappa shape index (κ2) is 10.5. The fraction of sp³-hybridized carbons (Fsp3) is 0.308. The quantitative estimate of drug-likeness (QED) is 0.329. The Kier molecular flexibility index (Phi) is 7.47. The minimum Gasteiger partial charge on any atom is -0.322 e. The smallest absolute Gasteiger partial charge is 0.322 e. The normalized spacial score (nSPS) is 13.6. The highest BCUT2D eigenvalue weighted by Gasteiger charge is 2.36. The Morgan fingerprint density at radius 1 is 1.16 bits per heavy atom. The summed E-state index contributed by atoms with van der Waals surface area (Å²) in [6, 6.07) is 6.67. The molecule has 0 spiro atoms. The maximum absolute atomic E-state index is 14.6. The standard InChI is InChI=1S/C26H29F4N7O/c1-14(2)31-11-18-8-19(10-21(24(18)27)26(28,29)30)33-25(38)17-7-6-15(3)23(9-17)37-13-22(34-35-37)20-12-32-36(5)16(20)4/h6-10,12-14,31,34-35H,11H2,1-5H3,(H,33,38). The van der Waals surface area contributed by atoms with Crippen LogP contribution in [0.5, 0.6) is 0 Å². The Balaban J connectivity index is 1.61. The van der Waals surface area contributed by atoms with E-state index in [4.69, 9.17) is 0 Å². The minimum absolute atomic E-state index is 0.0710. The van der Waals surface area contributed by atoms with Crippen LogP contribution in [0.15, 0.2) is 42.7 Å². The summed E-state index contributed by atoms with van der Waals surface area (Å²) in [5, 5.41) is 11.3. The number of alkyl halides is 3. The van der Waals surface area contributed by atoms with Crippen LogP contribution in [0.4, 0.5) is 28.9 Å². The molecule has 1 aliphatic heterocycles. The van der Waals surface area contributed by atoms with Crippen LogP contribution in [-0.4, -0.2) is 21.7 Å². The number of nitrogens with one attached hydrogen (secondary N) is 4. The zero-order valence-corrected chi connectivity index (χ0v) is 21.6. The summed E-state index contributed by atoms with van der Waals surface area (Å²) in [4.78, 5) is 13.1. The summed E-state index contributed by atoms with van der Waals surface area (Å²) in [6.45, 7) is 7.27. The van der Waals surface area contributed by atoms with Crippen molar-refractivity contribution in [2.75, 3.05) is 10.3 Å². The van der Waals surface area contributed by atoms with Gasteiger partial charge in [-0.3, -0.25) is 14.5 Å². The number of hydrogen-bond donors (Lipinski definition) is 4. The fourth-order valence-electron chi connectivity index (χ4n) is 3.96. The highest BCUT2D eigenvalue weighted by Crippen LogP contribution is 2.35. The van der Waals surface area contributed by atoms with Crippen molar-refractivity contribution in [3.63, 3.8) is 0 Å². The van der Waals surface area contributed by atoms with Gasteiger partial charge in [0.15, 0.2) is 0 Å². The lowest BCUT2D eigenvalue weighted by atomic mass is 10.1. The van der Waals surface area contributed by atoms with Crippen molar-refractivity contribution in [1.29, 1.82) is 0 Å². The van der Waals surface area contributed by atoms with E-state index < -0.39 is 23.5 Å². The Morgan fingerprint density at radius 3 is 2.53 bits per heavy atom. The van der Waals surface area contributed by atoms with Crippen LogP contribution in [0.25, 0.3) is 5.70 Å². The van der Waals surface area contributed by atoms with E-state index in [0.717, 1.165) is 22.5 Å². The average Bonchev–Trinajstić information content (AvgIpc) is 3.45. The summed E-state index contributed by atoms with van der Waals surface area (Å²) >= 11 is 0. The molecule has 1 aliphatic rings. The number of aromatic nitrogens is 2. The van der Waals surface area contributed by atoms with Crippen molar-refractivity contribution in [1.82, 2.24) is 26.1 Å². The summed E-state index contributed by atoms with van der Waals surface area (Å²) < 4.78 is 56.9. The predicted molar refractivity (Wildman–Crippen MR) is 137 cm³/mol. The van der Waals surface area contributed by atoms with Gasteiger partial charge < -0.3 is 16.1 Å². The molecule has 0 aliphatic carbocycles. The highest BCUT2D eigenvalue weighted by molar-refractivity contribution is 6.05. The molecule has 0 saturated carbocycles. The van der Waals surface area contributed by atoms with Crippen LogP contribution < -0.4 is 26.6 Å². The van der Waals surface area contributed by atoms with Gasteiger partial charge in [0.1, 0.15) is 5.82 Å². The second-order valence-electron chi connectivity index (χ2n) is 9.40. The molecule has 0 radical (unpaired) electrons. The van der Waals surface area contributed by atoms with Gasteiger partial charge >= 0.3 is 6.18 Å². The van der Waals surface area contributed by atoms with Crippen LogP contribution in [0, 0.1) is 19.7 Å². The van der Waals surface area contributed by atoms with E-state index in [1.165, 1.54) is 6.07 Å². The van der Waals surface area contributed by atoms with Gasteiger partial charge in [-0.25, -0.2) is 4.39 Å². The van der Waals surface area contributed by atoms with Gasteiger partial charge in [0.25, 0.3) is 5.91 Å². The van der Waals surface area contributed by atoms with Gasteiger partial charge in [-0.2, -0.15) is 18.3 Å². The van der Waals surface area contributed by atoms with Crippen molar-refractivity contribution in [2.24, 2.45) is 7.05 Å². The number of hydrazine groups is 2. The van der Waals surface area contributed by atoms with Crippen molar-refractivity contribution < 1.29 is 22.4 Å². The van der Waals surface area contributed by atoms with Gasteiger partial charge in [-0.05, 0) is 43.7 Å². The van der Waals surface area contributed by atoms with E-state index in [9.17, 15) is 22.4 Å². The summed E-state index contributed by atoms with van der Waals surface area (Å²) in [5.41, 5.74) is 8.67. The van der Waals surface area contributed by atoms with Crippen LogP contribution in [0.2, 0.25) is 0 Å². The topological polar surface area (TPSA) is 86.2 Å². The number of hydrogen-bond acceptors (Lipinski definition) is 6. The molecule has 3 aromatic rings. The zero-order valence-electron chi connectivity index (χ0n) is 21.6. The molecule has 38 heavy (non-hydrogen) atoms. The summed E-state index contributed by atoms with van der Waals surface area (Å²) in [6.07, 6.45) is -1.37. The maximum Gasteiger partial charge on any atom is 0.419 e. The second-order valence-corrected chi connectivity index (χ2v) is 9.40. The molecule has 0 unspecified atom stereocenters. The lowest BCUT2D eigenvalue weighted by Gasteiger charge is -2.19. The van der Waals surface area contributed by atoms with Gasteiger partial charge in [-0.1, -0.05) is 19.9 Å². The number of amides is 1. The number of anilines is 2. The molecular weight excluding hydrogens is 502 g/mol. The predicted octanol–water partition coefficient (Wildman–Crippen LogP) is 4.77. The van der Waals surface area contributed by atoms with E-state index in [-0.39, 0.29) is 29.4 Å². The van der Waals surface area contributed by atoms with E-state index in [2.05, 4.69) is 26.7 Å². The molecule has 0 bridgehead atoms. The van der Waals surface area contributed by atoms with E-state index >= 15 is 0 Å². The van der Waals surface area contributed by atoms with Gasteiger partial charge in [0.2, 0.25) is 0 Å². The lowest BCUT2D eigenvalue weighted by molar-refractivity contribution is -0.140. The molecule has 1 amide bonds. The van der Waals surface area contributed by atoms with Crippen molar-refractivity contribution >= 4 is 23.0 Å². The first-order valence-electron chi connectivity index (χ1n) is 11.9. The zero-order chi connectivity index (χ0) is 27.8. The number of rotatable bonds is 7. The number of carbonyl (C=O) groups excluding carboxylic acids is 1. The monoisotopic (exact) mass is 531 g/mol. The van der Waals surface area contributed by atoms with Gasteiger partial charge in [-0.15, -0.1) is 5.53 Å². The van der Waals surface area contributed by atoms with Crippen LogP contribution >= 0.6 is 0 Å². The lowest BCUT2D eigenvalue weighted by Crippen LogP contribution is -2.36. The van der Waals surface area contributed by atoms with Crippen LogP contribution in [0.1, 0.15) is 52.2 Å². The molecule has 8 nitrogen and oxygen atoms in total. The molecule has 12 heteroatoms. The molecule has 0 saturated heterocycles. The molecule has 2 aromatic carbocycles. The first kappa shape index (κ1) is 27.1. The van der Waals surface area contributed by atoms with E-state index in [0.29, 0.717) is 11.8 Å². The summed E-state index contributed by atoms with van der Waals surface area (Å²) in [5.74, 6) is -1.99. The Hall–Kier alpha value is -3.90. The Bertz CT molecular complexity index is 1390. The van der Waals surface area contributed by atoms with Crippen LogP contribution in [-0.2, 0) is 19.8 Å². The molecule has 0 fully saturated rings. The average molecular weight is 532 g/mol. The third kappa shape index (κ3) is 5.65. The maximum atomic E-state index is 14.6. The van der Waals surface area contributed by atoms with Crippen LogP contribution in [0.3, 0.4) is 0 Å². The van der Waals surface area contributed by atoms with E-state index in [1.807, 2.05) is 27.1 Å². The van der Waals surface area contributed by atoms with Crippen molar-refractivity contribution in [2.45, 2.75) is 46.5 Å². The molecule has 2 heterocycles. The SMILES string of the molecule is Cc1ccc(C(=O)Nc2cc(CNC(C)C)c(F)c(C(F)(F)F)c2)cc1N1C=C(c2cnn(C)c2C)NN1. The highest BCUT2D eigenvalue weighted by atomic mass is 19.4. The molecule has 202 valence electrons. The fourth-order valence-corrected chi connectivity index (χ4v) is 3.96. The molecule has 4 rings (SSSR count). The van der Waals surface area contributed by atoms with Gasteiger partial charge in [0, 0.05) is 53.9 Å². The number of benzene rings is 2. The number of aryl methyl sites for hydroxylation is 2. The number of nitrogens with zero attached hydrogens (tertiary/aromatic N) is 3. The van der Waals surface area contributed by atoms with Gasteiger partial charge in [0.05, 0.1) is 23.1 Å². The first-order chi connectivity index (χ1) is 17.8. The molecule has 0 atom stereocenters. The molecule has 1 aromatic heterocycles. The Morgan fingerprint density at radius 2 is 1.89 bits per heavy atom. The number of halogens is 4. The summed E-state index contributed by atoms with van der Waals surface area (Å²) in [7, 11) is 1.84. The first-order valence-corrected chi connectivity index (χ1v) is 11.9. The largest absolute Gasteiger partial charge is 0.419 e. The number of carbonyl (C=O) groups is 1. The van der Waals surface area contributed by atoms with E-state index in [1.54, 1.807) is 47.9 Å². The molecular formula is C26H29F4N7O. The Labute approximate surface area is 217 Å². The third-order valence-corrected chi connectivity index (χ3v) is 6.24. The van der Waals surface area contributed by atoms with Crippen molar-refractivity contribution in [3.8, 4) is 0 Å².